The monoisotopic (exact) mass is 413 g/mol. The van der Waals surface area contributed by atoms with Gasteiger partial charge in [0, 0.05) is 6.54 Å². The average molecular weight is 413 g/mol. The minimum Gasteiger partial charge on any atom is -0.497 e. The minimum absolute atomic E-state index is 0.316. The first-order valence-corrected chi connectivity index (χ1v) is 9.50. The average Bonchev–Trinajstić information content (AvgIpc) is 2.76. The lowest BCUT2D eigenvalue weighted by atomic mass is 10.2. The van der Waals surface area contributed by atoms with E-state index in [-0.39, 0.29) is 6.61 Å². The summed E-state index contributed by atoms with van der Waals surface area (Å²) in [6, 6.07) is 12.7. The zero-order chi connectivity index (χ0) is 21.9. The molecule has 7 heteroatoms. The van der Waals surface area contributed by atoms with Gasteiger partial charge in [0.05, 0.1) is 14.2 Å². The standard InChI is InChI=1S/C23H27NO6/c1-5-6-17-9-12-20(21(13-17)28-4)29-15-22(25)30-16(2)23(26)24-14-18-7-10-19(27-3)11-8-18/h5-13,16H,14-15H2,1-4H3,(H,24,26)/b6-5+/t16-/m0/s1. The van der Waals surface area contributed by atoms with Crippen LogP contribution in [-0.4, -0.2) is 38.8 Å². The second kappa shape index (κ2) is 11.5. The van der Waals surface area contributed by atoms with Crippen molar-refractivity contribution in [2.45, 2.75) is 26.5 Å². The number of rotatable bonds is 10. The highest BCUT2D eigenvalue weighted by Gasteiger charge is 2.18. The molecule has 0 aliphatic rings. The van der Waals surface area contributed by atoms with Gasteiger partial charge in [-0.15, -0.1) is 0 Å². The summed E-state index contributed by atoms with van der Waals surface area (Å²) in [5.74, 6) is 0.609. The zero-order valence-electron chi connectivity index (χ0n) is 17.6. The van der Waals surface area contributed by atoms with Gasteiger partial charge in [0.2, 0.25) is 0 Å². The van der Waals surface area contributed by atoms with Gasteiger partial charge in [0.25, 0.3) is 5.91 Å². The van der Waals surface area contributed by atoms with Gasteiger partial charge in [0.1, 0.15) is 5.75 Å². The fourth-order valence-corrected chi connectivity index (χ4v) is 2.60. The molecule has 30 heavy (non-hydrogen) atoms. The number of carbonyl (C=O) groups excluding carboxylic acids is 2. The van der Waals surface area contributed by atoms with E-state index in [9.17, 15) is 9.59 Å². The number of amides is 1. The Morgan fingerprint density at radius 1 is 1.03 bits per heavy atom. The van der Waals surface area contributed by atoms with E-state index in [1.807, 2.05) is 49.4 Å². The van der Waals surface area contributed by atoms with Crippen molar-refractivity contribution in [3.05, 3.63) is 59.7 Å². The first-order valence-electron chi connectivity index (χ1n) is 9.50. The van der Waals surface area contributed by atoms with E-state index in [1.165, 1.54) is 14.0 Å². The maximum atomic E-state index is 12.2. The Morgan fingerprint density at radius 2 is 1.77 bits per heavy atom. The number of allylic oxidation sites excluding steroid dienone is 1. The van der Waals surface area contributed by atoms with Crippen LogP contribution < -0.4 is 19.5 Å². The van der Waals surface area contributed by atoms with Crippen molar-refractivity contribution in [3.63, 3.8) is 0 Å². The Kier molecular flexibility index (Phi) is 8.75. The summed E-state index contributed by atoms with van der Waals surface area (Å²) in [6.45, 7) is 3.40. The van der Waals surface area contributed by atoms with Gasteiger partial charge in [-0.1, -0.05) is 30.4 Å². The van der Waals surface area contributed by atoms with Crippen LogP contribution in [0.5, 0.6) is 17.2 Å². The van der Waals surface area contributed by atoms with Gasteiger partial charge in [-0.3, -0.25) is 4.79 Å². The lowest BCUT2D eigenvalue weighted by Crippen LogP contribution is -2.36. The third-order valence-electron chi connectivity index (χ3n) is 4.20. The van der Waals surface area contributed by atoms with E-state index in [1.54, 1.807) is 19.2 Å². The molecule has 0 aliphatic heterocycles. The van der Waals surface area contributed by atoms with Crippen LogP contribution in [0.1, 0.15) is 25.0 Å². The van der Waals surface area contributed by atoms with Crippen LogP contribution in [-0.2, 0) is 20.9 Å². The van der Waals surface area contributed by atoms with Crippen LogP contribution in [0.15, 0.2) is 48.5 Å². The van der Waals surface area contributed by atoms with Crippen LogP contribution in [0.25, 0.3) is 6.08 Å². The zero-order valence-corrected chi connectivity index (χ0v) is 17.6. The second-order valence-corrected chi connectivity index (χ2v) is 6.40. The number of carbonyl (C=O) groups is 2. The Labute approximate surface area is 176 Å². The Bertz CT molecular complexity index is 876. The molecule has 0 spiro atoms. The molecule has 1 amide bonds. The Balaban J connectivity index is 1.81. The highest BCUT2D eigenvalue weighted by Crippen LogP contribution is 2.28. The molecular formula is C23H27NO6. The van der Waals surface area contributed by atoms with Crippen LogP contribution in [0.3, 0.4) is 0 Å². The van der Waals surface area contributed by atoms with Crippen LogP contribution in [0.4, 0.5) is 0 Å². The van der Waals surface area contributed by atoms with Crippen LogP contribution in [0, 0.1) is 0 Å². The number of methoxy groups -OCH3 is 2. The number of nitrogens with one attached hydrogen (secondary N) is 1. The van der Waals surface area contributed by atoms with E-state index >= 15 is 0 Å². The second-order valence-electron chi connectivity index (χ2n) is 6.40. The molecule has 160 valence electrons. The molecule has 0 heterocycles. The van der Waals surface area contributed by atoms with Crippen molar-refractivity contribution in [2.24, 2.45) is 0 Å². The highest BCUT2D eigenvalue weighted by atomic mass is 16.6. The van der Waals surface area contributed by atoms with Gasteiger partial charge in [-0.25, -0.2) is 4.79 Å². The summed E-state index contributed by atoms with van der Waals surface area (Å²) in [5, 5.41) is 2.73. The molecule has 2 aromatic rings. The predicted molar refractivity (Wildman–Crippen MR) is 114 cm³/mol. The number of hydrogen-bond donors (Lipinski definition) is 1. The highest BCUT2D eigenvalue weighted by molar-refractivity contribution is 5.83. The van der Waals surface area contributed by atoms with E-state index in [0.717, 1.165) is 16.9 Å². The quantitative estimate of drug-likeness (QED) is 0.602. The van der Waals surface area contributed by atoms with Gasteiger partial charge >= 0.3 is 5.97 Å². The SMILES string of the molecule is C/C=C/c1ccc(OCC(=O)O[C@@H](C)C(=O)NCc2ccc(OC)cc2)c(OC)c1. The molecule has 0 aliphatic carbocycles. The maximum Gasteiger partial charge on any atom is 0.344 e. The first kappa shape index (κ1) is 22.8. The van der Waals surface area contributed by atoms with Gasteiger partial charge in [-0.05, 0) is 49.2 Å². The van der Waals surface area contributed by atoms with Gasteiger partial charge < -0.3 is 24.3 Å². The molecule has 0 saturated carbocycles. The molecule has 2 rings (SSSR count). The van der Waals surface area contributed by atoms with Crippen molar-refractivity contribution in [1.82, 2.24) is 5.32 Å². The van der Waals surface area contributed by atoms with E-state index in [4.69, 9.17) is 18.9 Å². The van der Waals surface area contributed by atoms with E-state index < -0.39 is 18.0 Å². The molecule has 2 aromatic carbocycles. The topological polar surface area (TPSA) is 83.1 Å². The molecule has 0 radical (unpaired) electrons. The minimum atomic E-state index is -0.946. The Hall–Kier alpha value is -3.48. The smallest absolute Gasteiger partial charge is 0.344 e. The molecule has 7 nitrogen and oxygen atoms in total. The largest absolute Gasteiger partial charge is 0.497 e. The number of esters is 1. The van der Waals surface area contributed by atoms with E-state index in [2.05, 4.69) is 5.32 Å². The van der Waals surface area contributed by atoms with Crippen molar-refractivity contribution in [2.75, 3.05) is 20.8 Å². The Morgan fingerprint density at radius 3 is 2.40 bits per heavy atom. The van der Waals surface area contributed by atoms with Crippen LogP contribution >= 0.6 is 0 Å². The third kappa shape index (κ3) is 6.84. The third-order valence-corrected chi connectivity index (χ3v) is 4.20. The summed E-state index contributed by atoms with van der Waals surface area (Å²) in [7, 11) is 3.11. The van der Waals surface area contributed by atoms with Crippen LogP contribution in [0.2, 0.25) is 0 Å². The summed E-state index contributed by atoms with van der Waals surface area (Å²) in [6.07, 6.45) is 2.89. The molecule has 1 atom stereocenters. The fraction of sp³-hybridized carbons (Fsp3) is 0.304. The molecule has 0 aromatic heterocycles. The summed E-state index contributed by atoms with van der Waals surface area (Å²) in [4.78, 5) is 24.2. The summed E-state index contributed by atoms with van der Waals surface area (Å²) >= 11 is 0. The fourth-order valence-electron chi connectivity index (χ4n) is 2.60. The molecular weight excluding hydrogens is 386 g/mol. The summed E-state index contributed by atoms with van der Waals surface area (Å²) in [5.41, 5.74) is 1.85. The van der Waals surface area contributed by atoms with E-state index in [0.29, 0.717) is 18.0 Å². The lowest BCUT2D eigenvalue weighted by Gasteiger charge is -2.15. The molecule has 0 fully saturated rings. The molecule has 1 N–H and O–H groups in total. The molecule has 0 saturated heterocycles. The summed E-state index contributed by atoms with van der Waals surface area (Å²) < 4.78 is 21.0. The van der Waals surface area contributed by atoms with Crippen molar-refractivity contribution >= 4 is 18.0 Å². The van der Waals surface area contributed by atoms with Crippen molar-refractivity contribution < 1.29 is 28.5 Å². The first-order chi connectivity index (χ1) is 14.5. The lowest BCUT2D eigenvalue weighted by molar-refractivity contribution is -0.156. The van der Waals surface area contributed by atoms with Gasteiger partial charge in [0.15, 0.2) is 24.2 Å². The molecule has 0 unspecified atom stereocenters. The normalized spacial score (nSPS) is 11.6. The van der Waals surface area contributed by atoms with Crippen molar-refractivity contribution in [3.8, 4) is 17.2 Å². The number of hydrogen-bond acceptors (Lipinski definition) is 6. The predicted octanol–water partition coefficient (Wildman–Crippen LogP) is 3.36. The number of ether oxygens (including phenoxy) is 4. The van der Waals surface area contributed by atoms with Crippen molar-refractivity contribution in [1.29, 1.82) is 0 Å². The maximum absolute atomic E-state index is 12.2. The molecule has 0 bridgehead atoms. The number of benzene rings is 2. The van der Waals surface area contributed by atoms with Gasteiger partial charge in [-0.2, -0.15) is 0 Å².